The van der Waals surface area contributed by atoms with Crippen LogP contribution in [0.3, 0.4) is 0 Å². The molecule has 2 heterocycles. The minimum absolute atomic E-state index is 0.102. The lowest BCUT2D eigenvalue weighted by molar-refractivity contribution is 0.660. The molecule has 1 aliphatic carbocycles. The van der Waals surface area contributed by atoms with Crippen LogP contribution in [0, 0.1) is 0 Å². The molecule has 0 aliphatic heterocycles. The molecular formula is C57H40N2O. The molecule has 0 radical (unpaired) electrons. The van der Waals surface area contributed by atoms with Crippen LogP contribution in [0.1, 0.15) is 25.0 Å². The first-order chi connectivity index (χ1) is 29.5. The molecule has 0 unspecified atom stereocenters. The molecule has 11 aromatic rings. The smallest absolute Gasteiger partial charge is 0.145 e. The summed E-state index contributed by atoms with van der Waals surface area (Å²) < 4.78 is 9.09. The molecule has 12 rings (SSSR count). The summed E-state index contributed by atoms with van der Waals surface area (Å²) in [5.74, 6) is 0. The monoisotopic (exact) mass is 768 g/mol. The Kier molecular flexibility index (Phi) is 7.58. The minimum Gasteiger partial charge on any atom is -0.455 e. The fourth-order valence-corrected chi connectivity index (χ4v) is 9.84. The van der Waals surface area contributed by atoms with Gasteiger partial charge in [-0.25, -0.2) is 0 Å². The molecule has 0 bridgehead atoms. The molecule has 60 heavy (non-hydrogen) atoms. The maximum Gasteiger partial charge on any atom is 0.145 e. The number of furan rings is 1. The zero-order valence-electron chi connectivity index (χ0n) is 33.4. The fraction of sp³-hybridized carbons (Fsp3) is 0.0526. The summed E-state index contributed by atoms with van der Waals surface area (Å²) in [6.07, 6.45) is 0. The van der Waals surface area contributed by atoms with E-state index >= 15 is 0 Å². The van der Waals surface area contributed by atoms with Crippen molar-refractivity contribution in [2.75, 3.05) is 4.90 Å². The first-order valence-electron chi connectivity index (χ1n) is 20.8. The molecular weight excluding hydrogens is 729 g/mol. The third-order valence-corrected chi connectivity index (χ3v) is 12.8. The first kappa shape index (κ1) is 34.4. The van der Waals surface area contributed by atoms with Gasteiger partial charge in [0.1, 0.15) is 11.2 Å². The van der Waals surface area contributed by atoms with Crippen molar-refractivity contribution in [2.45, 2.75) is 19.3 Å². The van der Waals surface area contributed by atoms with Gasteiger partial charge in [0.2, 0.25) is 0 Å². The maximum absolute atomic E-state index is 6.75. The molecule has 0 amide bonds. The minimum atomic E-state index is -0.102. The van der Waals surface area contributed by atoms with E-state index in [0.717, 1.165) is 66.7 Å². The highest BCUT2D eigenvalue weighted by atomic mass is 16.3. The van der Waals surface area contributed by atoms with Gasteiger partial charge in [0.05, 0.1) is 16.4 Å². The second kappa shape index (κ2) is 13.2. The van der Waals surface area contributed by atoms with Crippen LogP contribution in [0.25, 0.3) is 82.8 Å². The van der Waals surface area contributed by atoms with Gasteiger partial charge in [-0.05, 0) is 123 Å². The summed E-state index contributed by atoms with van der Waals surface area (Å²) >= 11 is 0. The molecule has 0 fully saturated rings. The number of hydrogen-bond acceptors (Lipinski definition) is 2. The van der Waals surface area contributed by atoms with Crippen molar-refractivity contribution in [3.05, 3.63) is 217 Å². The van der Waals surface area contributed by atoms with E-state index in [1.165, 1.54) is 44.3 Å². The predicted octanol–water partition coefficient (Wildman–Crippen LogP) is 15.8. The summed E-state index contributed by atoms with van der Waals surface area (Å²) in [5.41, 5.74) is 18.6. The van der Waals surface area contributed by atoms with E-state index in [2.05, 4.69) is 230 Å². The number of para-hydroxylation sites is 2. The highest BCUT2D eigenvalue weighted by molar-refractivity contribution is 6.24. The van der Waals surface area contributed by atoms with E-state index in [9.17, 15) is 0 Å². The van der Waals surface area contributed by atoms with Crippen LogP contribution in [0.4, 0.5) is 17.1 Å². The molecule has 1 aliphatic rings. The number of nitrogens with zero attached hydrogens (tertiary/aromatic N) is 2. The standard InChI is InChI=1S/C57H40N2O/c1-57(2)50-19-11-9-17-45(50)46-31-30-44(36-51(46)57)58(42-26-21-38(22-27-42)37-13-5-3-6-14-37)43-28-23-39(24-29-43)40-25-34-54-49(35-40)47-32-33-53-55(56(47)60-54)48-18-10-12-20-52(48)59(53)41-15-7-4-8-16-41/h3-36H,1-2H3. The number of fused-ring (bicyclic) bond motifs is 10. The van der Waals surface area contributed by atoms with Crippen LogP contribution >= 0.6 is 0 Å². The molecule has 284 valence electrons. The van der Waals surface area contributed by atoms with Gasteiger partial charge in [0.15, 0.2) is 0 Å². The van der Waals surface area contributed by atoms with Crippen LogP contribution in [0.5, 0.6) is 0 Å². The van der Waals surface area contributed by atoms with E-state index in [1.54, 1.807) is 0 Å². The van der Waals surface area contributed by atoms with Gasteiger partial charge in [-0.1, -0.05) is 141 Å². The Labute approximate surface area is 349 Å². The lowest BCUT2D eigenvalue weighted by atomic mass is 9.82. The third kappa shape index (κ3) is 5.22. The zero-order valence-corrected chi connectivity index (χ0v) is 33.4. The van der Waals surface area contributed by atoms with Crippen LogP contribution < -0.4 is 4.90 Å². The number of rotatable bonds is 6. The molecule has 2 aromatic heterocycles. The van der Waals surface area contributed by atoms with Gasteiger partial charge in [0, 0.05) is 44.3 Å². The first-order valence-corrected chi connectivity index (χ1v) is 20.8. The van der Waals surface area contributed by atoms with Crippen molar-refractivity contribution in [1.82, 2.24) is 4.57 Å². The van der Waals surface area contributed by atoms with Crippen molar-refractivity contribution in [1.29, 1.82) is 0 Å². The highest BCUT2D eigenvalue weighted by Gasteiger charge is 2.35. The number of benzene rings is 9. The fourth-order valence-electron chi connectivity index (χ4n) is 9.84. The average molecular weight is 769 g/mol. The predicted molar refractivity (Wildman–Crippen MR) is 251 cm³/mol. The molecule has 3 heteroatoms. The Hall–Kier alpha value is -7.62. The van der Waals surface area contributed by atoms with E-state index in [-0.39, 0.29) is 5.41 Å². The maximum atomic E-state index is 6.75. The number of anilines is 3. The Morgan fingerprint density at radius 3 is 1.78 bits per heavy atom. The lowest BCUT2D eigenvalue weighted by Crippen LogP contribution is -2.16. The summed E-state index contributed by atoms with van der Waals surface area (Å²) in [5, 5.41) is 4.57. The average Bonchev–Trinajstić information content (AvgIpc) is 3.92. The number of hydrogen-bond donors (Lipinski definition) is 0. The summed E-state index contributed by atoms with van der Waals surface area (Å²) in [6, 6.07) is 74.7. The van der Waals surface area contributed by atoms with Crippen LogP contribution in [0.15, 0.2) is 211 Å². The summed E-state index contributed by atoms with van der Waals surface area (Å²) in [4.78, 5) is 2.39. The lowest BCUT2D eigenvalue weighted by Gasteiger charge is -2.28. The van der Waals surface area contributed by atoms with Crippen molar-refractivity contribution in [3.8, 4) is 39.1 Å². The van der Waals surface area contributed by atoms with Gasteiger partial charge in [-0.2, -0.15) is 0 Å². The quantitative estimate of drug-likeness (QED) is 0.168. The van der Waals surface area contributed by atoms with E-state index in [4.69, 9.17) is 4.42 Å². The topological polar surface area (TPSA) is 21.3 Å². The highest BCUT2D eigenvalue weighted by Crippen LogP contribution is 2.51. The van der Waals surface area contributed by atoms with Crippen LogP contribution in [-0.2, 0) is 5.41 Å². The van der Waals surface area contributed by atoms with E-state index in [0.29, 0.717) is 0 Å². The SMILES string of the molecule is CC1(C)c2ccccc2-c2ccc(N(c3ccc(-c4ccccc4)cc3)c3ccc(-c4ccc5oc6c(ccc7c6c6ccccc6n7-c6ccccc6)c5c4)cc3)cc21. The largest absolute Gasteiger partial charge is 0.455 e. The van der Waals surface area contributed by atoms with Crippen molar-refractivity contribution in [3.63, 3.8) is 0 Å². The van der Waals surface area contributed by atoms with Crippen molar-refractivity contribution < 1.29 is 4.42 Å². The Bertz CT molecular complexity index is 3430. The van der Waals surface area contributed by atoms with Crippen molar-refractivity contribution >= 4 is 60.8 Å². The van der Waals surface area contributed by atoms with E-state index < -0.39 is 0 Å². The number of aromatic nitrogens is 1. The molecule has 3 nitrogen and oxygen atoms in total. The van der Waals surface area contributed by atoms with Gasteiger partial charge >= 0.3 is 0 Å². The molecule has 0 atom stereocenters. The van der Waals surface area contributed by atoms with Gasteiger partial charge < -0.3 is 13.9 Å². The summed E-state index contributed by atoms with van der Waals surface area (Å²) in [7, 11) is 0. The van der Waals surface area contributed by atoms with Crippen LogP contribution in [0.2, 0.25) is 0 Å². The second-order valence-corrected chi connectivity index (χ2v) is 16.5. The molecule has 0 N–H and O–H groups in total. The molecule has 0 spiro atoms. The second-order valence-electron chi connectivity index (χ2n) is 16.5. The third-order valence-electron chi connectivity index (χ3n) is 12.8. The Morgan fingerprint density at radius 2 is 1.02 bits per heavy atom. The van der Waals surface area contributed by atoms with Gasteiger partial charge in [0.25, 0.3) is 0 Å². The van der Waals surface area contributed by atoms with Gasteiger partial charge in [-0.3, -0.25) is 0 Å². The van der Waals surface area contributed by atoms with Crippen LogP contribution in [-0.4, -0.2) is 4.57 Å². The zero-order chi connectivity index (χ0) is 40.0. The Morgan fingerprint density at radius 1 is 0.417 bits per heavy atom. The molecule has 0 saturated heterocycles. The molecule has 0 saturated carbocycles. The van der Waals surface area contributed by atoms with Crippen molar-refractivity contribution in [2.24, 2.45) is 0 Å². The molecule has 9 aromatic carbocycles. The van der Waals surface area contributed by atoms with E-state index in [1.807, 2.05) is 0 Å². The van der Waals surface area contributed by atoms with Gasteiger partial charge in [-0.15, -0.1) is 0 Å². The Balaban J connectivity index is 0.954. The summed E-state index contributed by atoms with van der Waals surface area (Å²) in [6.45, 7) is 4.70. The normalized spacial score (nSPS) is 13.0.